The van der Waals surface area contributed by atoms with Gasteiger partial charge in [0.15, 0.2) is 5.65 Å². The van der Waals surface area contributed by atoms with Crippen molar-refractivity contribution in [1.82, 2.24) is 24.5 Å². The van der Waals surface area contributed by atoms with Gasteiger partial charge in [-0.3, -0.25) is 4.79 Å². The molecule has 34 heavy (non-hydrogen) atoms. The normalized spacial score (nSPS) is 18.4. The van der Waals surface area contributed by atoms with Crippen LogP contribution >= 0.6 is 11.6 Å². The SMILES string of the molecule is Cc1nc2nc([C@@H]3CCO[C@@H](c4ccc(=O)n(C)c4)C3)nc(-c3ccc(Cl)cc3F)c2nc1C. The van der Waals surface area contributed by atoms with Crippen LogP contribution in [0.5, 0.6) is 0 Å². The summed E-state index contributed by atoms with van der Waals surface area (Å²) in [6.07, 6.45) is 2.94. The van der Waals surface area contributed by atoms with E-state index in [2.05, 4.69) is 9.97 Å². The van der Waals surface area contributed by atoms with Crippen molar-refractivity contribution in [2.24, 2.45) is 7.05 Å². The van der Waals surface area contributed by atoms with Gasteiger partial charge >= 0.3 is 0 Å². The summed E-state index contributed by atoms with van der Waals surface area (Å²) in [6, 6.07) is 7.84. The lowest BCUT2D eigenvalue weighted by Gasteiger charge is -2.29. The molecular formula is C25H23ClFN5O2. The summed E-state index contributed by atoms with van der Waals surface area (Å²) in [4.78, 5) is 30.6. The van der Waals surface area contributed by atoms with E-state index in [1.54, 1.807) is 31.4 Å². The number of fused-ring (bicyclic) bond motifs is 1. The zero-order chi connectivity index (χ0) is 24.0. The lowest BCUT2D eigenvalue weighted by molar-refractivity contribution is 0.00364. The number of pyridine rings is 1. The van der Waals surface area contributed by atoms with Crippen LogP contribution in [-0.4, -0.2) is 31.1 Å². The van der Waals surface area contributed by atoms with Crippen LogP contribution in [0, 0.1) is 19.7 Å². The molecular weight excluding hydrogens is 457 g/mol. The van der Waals surface area contributed by atoms with Crippen molar-refractivity contribution in [2.45, 2.75) is 38.7 Å². The van der Waals surface area contributed by atoms with Gasteiger partial charge < -0.3 is 9.30 Å². The molecule has 0 spiro atoms. The highest BCUT2D eigenvalue weighted by Gasteiger charge is 2.29. The van der Waals surface area contributed by atoms with Crippen molar-refractivity contribution in [1.29, 1.82) is 0 Å². The van der Waals surface area contributed by atoms with E-state index in [0.717, 1.165) is 17.0 Å². The van der Waals surface area contributed by atoms with E-state index in [-0.39, 0.29) is 17.6 Å². The van der Waals surface area contributed by atoms with Gasteiger partial charge in [-0.2, -0.15) is 0 Å². The molecule has 0 N–H and O–H groups in total. The fourth-order valence-corrected chi connectivity index (χ4v) is 4.41. The Morgan fingerprint density at radius 2 is 1.88 bits per heavy atom. The number of ether oxygens (including phenoxy) is 1. The molecule has 0 bridgehead atoms. The van der Waals surface area contributed by atoms with Crippen LogP contribution in [0.25, 0.3) is 22.4 Å². The molecule has 9 heteroatoms. The van der Waals surface area contributed by atoms with Gasteiger partial charge in [0.05, 0.1) is 17.5 Å². The molecule has 0 aliphatic carbocycles. The van der Waals surface area contributed by atoms with E-state index in [1.807, 2.05) is 13.8 Å². The Labute approximate surface area is 200 Å². The second-order valence-electron chi connectivity index (χ2n) is 8.61. The van der Waals surface area contributed by atoms with Crippen molar-refractivity contribution in [3.8, 4) is 11.3 Å². The molecule has 2 atom stereocenters. The Bertz CT molecular complexity index is 1470. The highest BCUT2D eigenvalue weighted by Crippen LogP contribution is 2.38. The lowest BCUT2D eigenvalue weighted by atomic mass is 9.91. The lowest BCUT2D eigenvalue weighted by Crippen LogP contribution is -2.23. The second kappa shape index (κ2) is 8.85. The second-order valence-corrected chi connectivity index (χ2v) is 9.05. The zero-order valence-electron chi connectivity index (χ0n) is 19.0. The van der Waals surface area contributed by atoms with E-state index in [9.17, 15) is 9.18 Å². The van der Waals surface area contributed by atoms with Crippen LogP contribution in [0.2, 0.25) is 5.02 Å². The van der Waals surface area contributed by atoms with Crippen molar-refractivity contribution in [3.63, 3.8) is 0 Å². The first kappa shape index (κ1) is 22.6. The Morgan fingerprint density at radius 3 is 2.65 bits per heavy atom. The van der Waals surface area contributed by atoms with E-state index in [1.165, 1.54) is 16.7 Å². The van der Waals surface area contributed by atoms with Gasteiger partial charge in [-0.15, -0.1) is 0 Å². The van der Waals surface area contributed by atoms with Gasteiger partial charge in [0.25, 0.3) is 0 Å². The first-order valence-electron chi connectivity index (χ1n) is 11.1. The molecule has 4 aromatic rings. The molecule has 1 fully saturated rings. The molecule has 4 heterocycles. The predicted molar refractivity (Wildman–Crippen MR) is 127 cm³/mol. The molecule has 1 saturated heterocycles. The van der Waals surface area contributed by atoms with Crippen molar-refractivity contribution in [2.75, 3.05) is 6.61 Å². The standard InChI is InChI=1S/C25H23ClFN5O2/c1-13-14(2)29-25-23(28-13)22(18-6-5-17(26)11-19(18)27)30-24(31-25)15-8-9-34-20(10-15)16-4-7-21(33)32(3)12-16/h4-7,11-12,15,20H,8-10H2,1-3H3/t15-,20-/m1/s1. The molecule has 0 radical (unpaired) electrons. The van der Waals surface area contributed by atoms with E-state index < -0.39 is 5.82 Å². The number of halogens is 2. The van der Waals surface area contributed by atoms with Gasteiger partial charge in [0, 0.05) is 42.4 Å². The van der Waals surface area contributed by atoms with Crippen LogP contribution in [0.4, 0.5) is 4.39 Å². The third-order valence-electron chi connectivity index (χ3n) is 6.28. The molecule has 0 amide bonds. The van der Waals surface area contributed by atoms with Gasteiger partial charge in [0.1, 0.15) is 22.9 Å². The highest BCUT2D eigenvalue weighted by atomic mass is 35.5. The first-order chi connectivity index (χ1) is 16.3. The van der Waals surface area contributed by atoms with Crippen molar-refractivity contribution >= 4 is 22.8 Å². The number of hydrogen-bond acceptors (Lipinski definition) is 6. The van der Waals surface area contributed by atoms with Gasteiger partial charge in [-0.05, 0) is 56.5 Å². The Balaban J connectivity index is 1.61. The quantitative estimate of drug-likeness (QED) is 0.418. The third-order valence-corrected chi connectivity index (χ3v) is 6.51. The first-order valence-corrected chi connectivity index (χ1v) is 11.4. The minimum absolute atomic E-state index is 0.0297. The summed E-state index contributed by atoms with van der Waals surface area (Å²) in [5.41, 5.74) is 3.93. The molecule has 7 nitrogen and oxygen atoms in total. The van der Waals surface area contributed by atoms with E-state index in [0.29, 0.717) is 52.7 Å². The van der Waals surface area contributed by atoms with Crippen LogP contribution in [-0.2, 0) is 11.8 Å². The molecule has 1 aliphatic heterocycles. The number of aromatic nitrogens is 5. The molecule has 174 valence electrons. The Hall–Kier alpha value is -3.23. The third kappa shape index (κ3) is 4.19. The highest BCUT2D eigenvalue weighted by molar-refractivity contribution is 6.30. The summed E-state index contributed by atoms with van der Waals surface area (Å²) in [6.45, 7) is 4.24. The molecule has 0 saturated carbocycles. The smallest absolute Gasteiger partial charge is 0.250 e. The summed E-state index contributed by atoms with van der Waals surface area (Å²) in [7, 11) is 1.72. The number of benzene rings is 1. The molecule has 3 aromatic heterocycles. The molecule has 1 aliphatic rings. The topological polar surface area (TPSA) is 82.8 Å². The molecule has 1 aromatic carbocycles. The predicted octanol–water partition coefficient (Wildman–Crippen LogP) is 4.83. The number of nitrogens with zero attached hydrogens (tertiary/aromatic N) is 5. The number of aryl methyl sites for hydroxylation is 3. The average Bonchev–Trinajstić information content (AvgIpc) is 2.81. The number of hydrogen-bond donors (Lipinski definition) is 0. The molecule has 0 unspecified atom stereocenters. The van der Waals surface area contributed by atoms with Crippen LogP contribution < -0.4 is 5.56 Å². The molecule has 5 rings (SSSR count). The number of rotatable bonds is 3. The summed E-state index contributed by atoms with van der Waals surface area (Å²) in [5.74, 6) is 0.0685. The van der Waals surface area contributed by atoms with Crippen molar-refractivity contribution < 1.29 is 9.13 Å². The summed E-state index contributed by atoms with van der Waals surface area (Å²) in [5, 5.41) is 0.308. The maximum atomic E-state index is 14.9. The van der Waals surface area contributed by atoms with Crippen LogP contribution in [0.15, 0.2) is 41.3 Å². The fraction of sp³-hybridized carbons (Fsp3) is 0.320. The summed E-state index contributed by atoms with van der Waals surface area (Å²) < 4.78 is 22.5. The largest absolute Gasteiger partial charge is 0.373 e. The van der Waals surface area contributed by atoms with Gasteiger partial charge in [-0.1, -0.05) is 11.6 Å². The van der Waals surface area contributed by atoms with E-state index in [4.69, 9.17) is 26.3 Å². The maximum absolute atomic E-state index is 14.9. The van der Waals surface area contributed by atoms with E-state index >= 15 is 0 Å². The minimum atomic E-state index is -0.478. The van der Waals surface area contributed by atoms with Crippen LogP contribution in [0.1, 0.15) is 47.6 Å². The van der Waals surface area contributed by atoms with Crippen molar-refractivity contribution in [3.05, 3.63) is 80.5 Å². The monoisotopic (exact) mass is 479 g/mol. The van der Waals surface area contributed by atoms with Gasteiger partial charge in [0.2, 0.25) is 5.56 Å². The Morgan fingerprint density at radius 1 is 1.09 bits per heavy atom. The van der Waals surface area contributed by atoms with Gasteiger partial charge in [-0.25, -0.2) is 24.3 Å². The fourth-order valence-electron chi connectivity index (χ4n) is 4.25. The maximum Gasteiger partial charge on any atom is 0.250 e. The average molecular weight is 480 g/mol. The zero-order valence-corrected chi connectivity index (χ0v) is 19.8. The Kier molecular flexibility index (Phi) is 5.87. The summed E-state index contributed by atoms with van der Waals surface area (Å²) >= 11 is 5.98. The van der Waals surface area contributed by atoms with Crippen LogP contribution in [0.3, 0.4) is 0 Å². The minimum Gasteiger partial charge on any atom is -0.373 e.